The zero-order chi connectivity index (χ0) is 17.7. The van der Waals surface area contributed by atoms with Gasteiger partial charge in [0.25, 0.3) is 0 Å². The third-order valence-electron chi connectivity index (χ3n) is 3.02. The van der Waals surface area contributed by atoms with E-state index >= 15 is 0 Å². The van der Waals surface area contributed by atoms with Crippen LogP contribution in [0.5, 0.6) is 0 Å². The van der Waals surface area contributed by atoms with Crippen molar-refractivity contribution in [2.24, 2.45) is 0 Å². The number of esters is 1. The molecule has 0 spiro atoms. The molecule has 0 aliphatic rings. The number of aromatic amines is 1. The van der Waals surface area contributed by atoms with Crippen LogP contribution in [0.25, 0.3) is 11.3 Å². The number of rotatable bonds is 5. The van der Waals surface area contributed by atoms with Gasteiger partial charge in [-0.15, -0.1) is 0 Å². The fraction of sp³-hybridized carbons (Fsp3) is 0.200. The van der Waals surface area contributed by atoms with Crippen LogP contribution < -0.4 is 10.9 Å². The third kappa shape index (κ3) is 4.12. The molecule has 0 aliphatic carbocycles. The molecule has 0 radical (unpaired) electrons. The summed E-state index contributed by atoms with van der Waals surface area (Å²) in [5.74, 6) is -0.297. The number of anilines is 1. The van der Waals surface area contributed by atoms with Gasteiger partial charge in [0.05, 0.1) is 23.8 Å². The summed E-state index contributed by atoms with van der Waals surface area (Å²) in [5, 5.41) is 0.798. The van der Waals surface area contributed by atoms with Crippen LogP contribution in [0.1, 0.15) is 17.3 Å². The molecule has 128 valence electrons. The first kappa shape index (κ1) is 18.0. The lowest BCUT2D eigenvalue weighted by Gasteiger charge is -2.07. The van der Waals surface area contributed by atoms with Crippen molar-refractivity contribution in [3.05, 3.63) is 39.9 Å². The number of aromatic nitrogens is 1. The molecule has 0 saturated heterocycles. The van der Waals surface area contributed by atoms with Gasteiger partial charge < -0.3 is 14.5 Å². The Bertz CT molecular complexity index is 761. The minimum Gasteiger partial charge on any atom is -0.462 e. The van der Waals surface area contributed by atoms with E-state index in [9.17, 15) is 9.59 Å². The largest absolute Gasteiger partial charge is 0.462 e. The lowest BCUT2D eigenvalue weighted by Crippen LogP contribution is -2.30. The highest BCUT2D eigenvalue weighted by molar-refractivity contribution is 6.42. The molecule has 1 amide bonds. The number of ether oxygens (including phenoxy) is 2. The van der Waals surface area contributed by atoms with E-state index in [1.165, 1.54) is 7.11 Å². The Balaban J connectivity index is 2.37. The van der Waals surface area contributed by atoms with E-state index in [2.05, 4.69) is 20.6 Å². The maximum absolute atomic E-state index is 12.1. The van der Waals surface area contributed by atoms with Crippen molar-refractivity contribution >= 4 is 41.1 Å². The molecule has 0 fully saturated rings. The Kier molecular flexibility index (Phi) is 5.94. The van der Waals surface area contributed by atoms with Crippen LogP contribution in [-0.4, -0.2) is 30.8 Å². The van der Waals surface area contributed by atoms with Gasteiger partial charge >= 0.3 is 12.1 Å². The van der Waals surface area contributed by atoms with Gasteiger partial charge in [0.1, 0.15) is 11.4 Å². The molecule has 24 heavy (non-hydrogen) atoms. The van der Waals surface area contributed by atoms with E-state index in [-0.39, 0.29) is 18.0 Å². The molecule has 7 nitrogen and oxygen atoms in total. The van der Waals surface area contributed by atoms with Crippen LogP contribution in [0.4, 0.5) is 10.6 Å². The molecule has 2 aromatic rings. The second-order valence-electron chi connectivity index (χ2n) is 4.56. The number of H-pyrrole nitrogens is 1. The Morgan fingerprint density at radius 3 is 2.58 bits per heavy atom. The SMILES string of the molecule is CCOC(=O)c1cc(-c2ccc(Cl)c(Cl)c2)[nH]c1NNC(=O)OC. The molecule has 2 rings (SSSR count). The number of halogens is 2. The third-order valence-corrected chi connectivity index (χ3v) is 3.76. The Morgan fingerprint density at radius 2 is 1.96 bits per heavy atom. The minimum atomic E-state index is -0.713. The molecule has 3 N–H and O–H groups in total. The first-order valence-corrected chi connectivity index (χ1v) is 7.67. The summed E-state index contributed by atoms with van der Waals surface area (Å²) < 4.78 is 9.47. The minimum absolute atomic E-state index is 0.217. The summed E-state index contributed by atoms with van der Waals surface area (Å²) in [6, 6.07) is 6.62. The maximum Gasteiger partial charge on any atom is 0.425 e. The first-order chi connectivity index (χ1) is 11.5. The lowest BCUT2D eigenvalue weighted by atomic mass is 10.1. The first-order valence-electron chi connectivity index (χ1n) is 6.91. The van der Waals surface area contributed by atoms with Gasteiger partial charge in [-0.3, -0.25) is 5.43 Å². The van der Waals surface area contributed by atoms with Gasteiger partial charge in [0.15, 0.2) is 0 Å². The van der Waals surface area contributed by atoms with Crippen LogP contribution in [0, 0.1) is 0 Å². The number of hydrogen-bond acceptors (Lipinski definition) is 5. The average Bonchev–Trinajstić information content (AvgIpc) is 2.99. The highest BCUT2D eigenvalue weighted by Gasteiger charge is 2.18. The summed E-state index contributed by atoms with van der Waals surface area (Å²) in [6.07, 6.45) is -0.713. The van der Waals surface area contributed by atoms with Gasteiger partial charge in [-0.25, -0.2) is 15.0 Å². The predicted octanol–water partition coefficient (Wildman–Crippen LogP) is 3.85. The number of benzene rings is 1. The van der Waals surface area contributed by atoms with Gasteiger partial charge in [-0.1, -0.05) is 29.3 Å². The molecule has 0 aliphatic heterocycles. The smallest absolute Gasteiger partial charge is 0.425 e. The molecule has 0 unspecified atom stereocenters. The fourth-order valence-electron chi connectivity index (χ4n) is 1.91. The van der Waals surface area contributed by atoms with Crippen molar-refractivity contribution in [2.45, 2.75) is 6.92 Å². The van der Waals surface area contributed by atoms with Gasteiger partial charge in [-0.05, 0) is 30.7 Å². The molecular weight excluding hydrogens is 357 g/mol. The number of amides is 1. The van der Waals surface area contributed by atoms with Gasteiger partial charge in [-0.2, -0.15) is 0 Å². The molecule has 1 aromatic heterocycles. The van der Waals surface area contributed by atoms with Gasteiger partial charge in [0, 0.05) is 5.69 Å². The van der Waals surface area contributed by atoms with Crippen LogP contribution in [-0.2, 0) is 9.47 Å². The zero-order valence-corrected chi connectivity index (χ0v) is 14.4. The molecular formula is C15H15Cl2N3O4. The van der Waals surface area contributed by atoms with Crippen molar-refractivity contribution < 1.29 is 19.1 Å². The topological polar surface area (TPSA) is 92.5 Å². The lowest BCUT2D eigenvalue weighted by molar-refractivity contribution is 0.0527. The number of methoxy groups -OCH3 is 1. The van der Waals surface area contributed by atoms with Crippen molar-refractivity contribution in [3.8, 4) is 11.3 Å². The van der Waals surface area contributed by atoms with Crippen molar-refractivity contribution in [3.63, 3.8) is 0 Å². The van der Waals surface area contributed by atoms with E-state index in [0.717, 1.165) is 0 Å². The Labute approximate surface area is 148 Å². The predicted molar refractivity (Wildman–Crippen MR) is 91.4 cm³/mol. The van der Waals surface area contributed by atoms with Crippen LogP contribution in [0.15, 0.2) is 24.3 Å². The van der Waals surface area contributed by atoms with Crippen LogP contribution in [0.2, 0.25) is 10.0 Å². The highest BCUT2D eigenvalue weighted by atomic mass is 35.5. The summed E-state index contributed by atoms with van der Waals surface area (Å²) >= 11 is 11.9. The molecule has 9 heteroatoms. The van der Waals surface area contributed by atoms with Crippen LogP contribution >= 0.6 is 23.2 Å². The standard InChI is InChI=1S/C15H15Cl2N3O4/c1-3-24-14(21)9-7-12(8-4-5-10(16)11(17)6-8)18-13(9)19-20-15(22)23-2/h4-7,18-19H,3H2,1-2H3,(H,20,22). The highest BCUT2D eigenvalue weighted by Crippen LogP contribution is 2.30. The van der Waals surface area contributed by atoms with Crippen LogP contribution in [0.3, 0.4) is 0 Å². The van der Waals surface area contributed by atoms with Crippen molar-refractivity contribution in [1.29, 1.82) is 0 Å². The monoisotopic (exact) mass is 371 g/mol. The molecule has 0 bridgehead atoms. The fourth-order valence-corrected chi connectivity index (χ4v) is 2.20. The Morgan fingerprint density at radius 1 is 1.21 bits per heavy atom. The molecule has 1 heterocycles. The maximum atomic E-state index is 12.1. The van der Waals surface area contributed by atoms with E-state index in [4.69, 9.17) is 27.9 Å². The number of nitrogens with one attached hydrogen (secondary N) is 3. The van der Waals surface area contributed by atoms with Gasteiger partial charge in [0.2, 0.25) is 0 Å². The van der Waals surface area contributed by atoms with E-state index in [1.807, 2.05) is 0 Å². The Hall–Kier alpha value is -2.38. The quantitative estimate of drug-likeness (QED) is 0.548. The molecule has 1 aromatic carbocycles. The summed E-state index contributed by atoms with van der Waals surface area (Å²) in [5.41, 5.74) is 6.37. The molecule has 0 atom stereocenters. The van der Waals surface area contributed by atoms with E-state index < -0.39 is 12.1 Å². The molecule has 0 saturated carbocycles. The van der Waals surface area contributed by atoms with E-state index in [1.54, 1.807) is 31.2 Å². The normalized spacial score (nSPS) is 10.2. The summed E-state index contributed by atoms with van der Waals surface area (Å²) in [6.45, 7) is 1.92. The van der Waals surface area contributed by atoms with Crippen molar-refractivity contribution in [1.82, 2.24) is 10.4 Å². The average molecular weight is 372 g/mol. The summed E-state index contributed by atoms with van der Waals surface area (Å²) in [7, 11) is 1.22. The second kappa shape index (κ2) is 7.94. The summed E-state index contributed by atoms with van der Waals surface area (Å²) in [4.78, 5) is 26.2. The number of carbonyl (C=O) groups is 2. The number of carbonyl (C=O) groups excluding carboxylic acids is 2. The second-order valence-corrected chi connectivity index (χ2v) is 5.38. The van der Waals surface area contributed by atoms with Crippen molar-refractivity contribution in [2.75, 3.05) is 19.1 Å². The zero-order valence-electron chi connectivity index (χ0n) is 12.9. The number of hydrazine groups is 1. The number of hydrogen-bond donors (Lipinski definition) is 3. The van der Waals surface area contributed by atoms with E-state index in [0.29, 0.717) is 21.3 Å².